The Morgan fingerprint density at radius 3 is 2.33 bits per heavy atom. The Labute approximate surface area is 172 Å². The van der Waals surface area contributed by atoms with Gasteiger partial charge < -0.3 is 9.46 Å². The fourth-order valence-electron chi connectivity index (χ4n) is 2.56. The van der Waals surface area contributed by atoms with Crippen molar-refractivity contribution in [3.05, 3.63) is 82.3 Å². The summed E-state index contributed by atoms with van der Waals surface area (Å²) in [7, 11) is 1.39. The fraction of sp³-hybridized carbons (Fsp3) is 0.0952. The average Bonchev–Trinajstić information content (AvgIpc) is 2.67. The Kier molecular flexibility index (Phi) is 6.67. The minimum Gasteiger partial charge on any atom is -0.469 e. The molecule has 0 radical (unpaired) electrons. The van der Waals surface area contributed by atoms with Crippen molar-refractivity contribution in [3.8, 4) is 11.1 Å². The SMILES string of the molecule is COC(=O)Cc1ccc(-c2ccccc2)cc1NSc1cc(Cl)cc(Cl)c1. The number of hydrogen-bond acceptors (Lipinski definition) is 4. The van der Waals surface area contributed by atoms with Gasteiger partial charge in [0.25, 0.3) is 0 Å². The van der Waals surface area contributed by atoms with E-state index in [1.165, 1.54) is 19.1 Å². The van der Waals surface area contributed by atoms with Crippen LogP contribution in [0.1, 0.15) is 5.56 Å². The van der Waals surface area contributed by atoms with E-state index >= 15 is 0 Å². The number of methoxy groups -OCH3 is 1. The highest BCUT2D eigenvalue weighted by atomic mass is 35.5. The Hall–Kier alpha value is -2.14. The maximum absolute atomic E-state index is 11.8. The lowest BCUT2D eigenvalue weighted by Gasteiger charge is -2.13. The minimum atomic E-state index is -0.290. The van der Waals surface area contributed by atoms with Crippen LogP contribution in [0.3, 0.4) is 0 Å². The second-order valence-corrected chi connectivity index (χ2v) is 7.55. The van der Waals surface area contributed by atoms with Crippen molar-refractivity contribution in [3.63, 3.8) is 0 Å². The van der Waals surface area contributed by atoms with Crippen LogP contribution >= 0.6 is 35.1 Å². The van der Waals surface area contributed by atoms with Crippen LogP contribution in [0.15, 0.2) is 71.6 Å². The molecule has 138 valence electrons. The number of carbonyl (C=O) groups excluding carboxylic acids is 1. The van der Waals surface area contributed by atoms with Crippen LogP contribution in [0.4, 0.5) is 5.69 Å². The number of nitrogens with one attached hydrogen (secondary N) is 1. The number of benzene rings is 3. The van der Waals surface area contributed by atoms with Gasteiger partial charge in [-0.1, -0.05) is 65.7 Å². The van der Waals surface area contributed by atoms with Gasteiger partial charge in [-0.25, -0.2) is 0 Å². The van der Waals surface area contributed by atoms with E-state index in [9.17, 15) is 4.79 Å². The van der Waals surface area contributed by atoms with Crippen LogP contribution < -0.4 is 4.72 Å². The molecular formula is C21H17Cl2NO2S. The van der Waals surface area contributed by atoms with Crippen LogP contribution in [0, 0.1) is 0 Å². The van der Waals surface area contributed by atoms with Gasteiger partial charge in [-0.15, -0.1) is 0 Å². The van der Waals surface area contributed by atoms with Crippen LogP contribution in [-0.4, -0.2) is 13.1 Å². The molecule has 0 spiro atoms. The van der Waals surface area contributed by atoms with Gasteiger partial charge in [0.1, 0.15) is 0 Å². The molecule has 0 fully saturated rings. The van der Waals surface area contributed by atoms with E-state index in [-0.39, 0.29) is 12.4 Å². The first-order valence-corrected chi connectivity index (χ1v) is 9.76. The molecule has 0 aliphatic carbocycles. The molecule has 0 saturated heterocycles. The smallest absolute Gasteiger partial charge is 0.310 e. The summed E-state index contributed by atoms with van der Waals surface area (Å²) in [6.45, 7) is 0. The summed E-state index contributed by atoms with van der Waals surface area (Å²) in [5.41, 5.74) is 3.84. The Bertz CT molecular complexity index is 928. The largest absolute Gasteiger partial charge is 0.469 e. The third kappa shape index (κ3) is 5.42. The first-order chi connectivity index (χ1) is 13.0. The highest BCUT2D eigenvalue weighted by Gasteiger charge is 2.11. The molecule has 0 aromatic heterocycles. The van der Waals surface area contributed by atoms with Gasteiger partial charge in [-0.05, 0) is 52.9 Å². The quantitative estimate of drug-likeness (QED) is 0.367. The van der Waals surface area contributed by atoms with E-state index < -0.39 is 0 Å². The van der Waals surface area contributed by atoms with Gasteiger partial charge in [0.15, 0.2) is 0 Å². The van der Waals surface area contributed by atoms with E-state index in [0.29, 0.717) is 10.0 Å². The number of halogens is 2. The summed E-state index contributed by atoms with van der Waals surface area (Å²) in [5.74, 6) is -0.290. The molecule has 0 aliphatic heterocycles. The van der Waals surface area contributed by atoms with Crippen LogP contribution in [0.5, 0.6) is 0 Å². The number of esters is 1. The van der Waals surface area contributed by atoms with Gasteiger partial charge >= 0.3 is 5.97 Å². The summed E-state index contributed by atoms with van der Waals surface area (Å²) in [4.78, 5) is 12.6. The molecule has 0 bridgehead atoms. The molecule has 3 nitrogen and oxygen atoms in total. The molecular weight excluding hydrogens is 401 g/mol. The lowest BCUT2D eigenvalue weighted by Crippen LogP contribution is -2.06. The molecule has 27 heavy (non-hydrogen) atoms. The molecule has 0 aliphatic rings. The summed E-state index contributed by atoms with van der Waals surface area (Å²) in [6.07, 6.45) is 0.185. The van der Waals surface area contributed by atoms with E-state index in [4.69, 9.17) is 27.9 Å². The molecule has 3 aromatic rings. The standard InChI is InChI=1S/C21H17Cl2NO2S/c1-26-21(25)10-16-8-7-15(14-5-3-2-4-6-14)9-20(16)24-27-19-12-17(22)11-18(23)13-19/h2-9,11-13,24H,10H2,1H3. The van der Waals surface area contributed by atoms with Crippen molar-refractivity contribution in [1.29, 1.82) is 0 Å². The van der Waals surface area contributed by atoms with Crippen molar-refractivity contribution in [2.75, 3.05) is 11.8 Å². The molecule has 0 amide bonds. The van der Waals surface area contributed by atoms with Gasteiger partial charge in [-0.3, -0.25) is 4.79 Å². The molecule has 6 heteroatoms. The highest BCUT2D eigenvalue weighted by molar-refractivity contribution is 8.00. The first kappa shape index (κ1) is 19.6. The summed E-state index contributed by atoms with van der Waals surface area (Å²) < 4.78 is 8.13. The van der Waals surface area contributed by atoms with Gasteiger partial charge in [0.05, 0.1) is 13.5 Å². The zero-order chi connectivity index (χ0) is 19.2. The summed E-state index contributed by atoms with van der Waals surface area (Å²) in [6, 6.07) is 21.4. The molecule has 3 rings (SSSR count). The number of rotatable bonds is 6. The van der Waals surface area contributed by atoms with Crippen LogP contribution in [0.2, 0.25) is 10.0 Å². The summed E-state index contributed by atoms with van der Waals surface area (Å²) in [5, 5.41) is 1.14. The second kappa shape index (κ2) is 9.18. The first-order valence-electron chi connectivity index (χ1n) is 8.19. The number of hydrogen-bond donors (Lipinski definition) is 1. The van der Waals surface area contributed by atoms with E-state index in [1.54, 1.807) is 6.07 Å². The molecule has 1 N–H and O–H groups in total. The van der Waals surface area contributed by atoms with Crippen LogP contribution in [-0.2, 0) is 16.0 Å². The van der Waals surface area contributed by atoms with Crippen molar-refractivity contribution in [2.24, 2.45) is 0 Å². The van der Waals surface area contributed by atoms with Crippen LogP contribution in [0.25, 0.3) is 11.1 Å². The predicted octanol–water partition coefficient (Wildman–Crippen LogP) is 6.50. The van der Waals surface area contributed by atoms with E-state index in [0.717, 1.165) is 27.3 Å². The van der Waals surface area contributed by atoms with Gasteiger partial charge in [0, 0.05) is 20.6 Å². The Morgan fingerprint density at radius 2 is 1.67 bits per heavy atom. The maximum Gasteiger partial charge on any atom is 0.310 e. The van der Waals surface area contributed by atoms with E-state index in [2.05, 4.69) is 4.72 Å². The van der Waals surface area contributed by atoms with Crippen molar-refractivity contribution >= 4 is 46.8 Å². The Balaban J connectivity index is 1.90. The third-order valence-electron chi connectivity index (χ3n) is 3.89. The van der Waals surface area contributed by atoms with Crippen molar-refractivity contribution in [2.45, 2.75) is 11.3 Å². The number of anilines is 1. The van der Waals surface area contributed by atoms with Gasteiger partial charge in [-0.2, -0.15) is 0 Å². The third-order valence-corrected chi connectivity index (χ3v) is 5.12. The summed E-state index contributed by atoms with van der Waals surface area (Å²) >= 11 is 13.5. The zero-order valence-corrected chi connectivity index (χ0v) is 16.9. The van der Waals surface area contributed by atoms with Gasteiger partial charge in [0.2, 0.25) is 0 Å². The molecule has 3 aromatic carbocycles. The topological polar surface area (TPSA) is 38.3 Å². The monoisotopic (exact) mass is 417 g/mol. The normalized spacial score (nSPS) is 10.5. The van der Waals surface area contributed by atoms with Crippen molar-refractivity contribution < 1.29 is 9.53 Å². The molecule has 0 heterocycles. The van der Waals surface area contributed by atoms with Crippen molar-refractivity contribution in [1.82, 2.24) is 0 Å². The fourth-order valence-corrected chi connectivity index (χ4v) is 4.01. The average molecular weight is 418 g/mol. The predicted molar refractivity (Wildman–Crippen MR) is 114 cm³/mol. The Morgan fingerprint density at radius 1 is 0.963 bits per heavy atom. The highest BCUT2D eigenvalue weighted by Crippen LogP contribution is 2.32. The molecule has 0 unspecified atom stereocenters. The lowest BCUT2D eigenvalue weighted by atomic mass is 10.0. The second-order valence-electron chi connectivity index (χ2n) is 5.80. The maximum atomic E-state index is 11.8. The van der Waals surface area contributed by atoms with E-state index in [1.807, 2.05) is 60.7 Å². The minimum absolute atomic E-state index is 0.185. The lowest BCUT2D eigenvalue weighted by molar-refractivity contribution is -0.139. The molecule has 0 atom stereocenters. The number of ether oxygens (including phenoxy) is 1. The zero-order valence-electron chi connectivity index (χ0n) is 14.5. The number of carbonyl (C=O) groups is 1. The molecule has 0 saturated carbocycles.